The van der Waals surface area contributed by atoms with E-state index in [0.717, 1.165) is 11.3 Å². The second kappa shape index (κ2) is 9.23. The van der Waals surface area contributed by atoms with Crippen LogP contribution in [0, 0.1) is 6.92 Å². The average molecular weight is 384 g/mol. The molecular weight excluding hydrogens is 360 g/mol. The molecule has 0 radical (unpaired) electrons. The molecule has 2 aromatic rings. The number of ether oxygens (including phenoxy) is 3. The second-order valence-corrected chi connectivity index (χ2v) is 6.42. The van der Waals surface area contributed by atoms with Crippen LogP contribution in [0.3, 0.4) is 0 Å². The van der Waals surface area contributed by atoms with Gasteiger partial charge in [-0.3, -0.25) is 9.59 Å². The predicted octanol–water partition coefficient (Wildman–Crippen LogP) is 2.49. The first-order chi connectivity index (χ1) is 13.6. The number of nitrogens with one attached hydrogen (secondary N) is 1. The summed E-state index contributed by atoms with van der Waals surface area (Å²) in [6.45, 7) is 4.05. The molecule has 0 aromatic heterocycles. The van der Waals surface area contributed by atoms with Crippen molar-refractivity contribution in [3.8, 4) is 11.5 Å². The van der Waals surface area contributed by atoms with Crippen molar-refractivity contribution in [3.05, 3.63) is 53.6 Å². The fourth-order valence-corrected chi connectivity index (χ4v) is 2.88. The highest BCUT2D eigenvalue weighted by Gasteiger charge is 2.18. The van der Waals surface area contributed by atoms with Crippen molar-refractivity contribution in [2.45, 2.75) is 6.92 Å². The fraction of sp³-hybridized carbons (Fsp3) is 0.333. The van der Waals surface area contributed by atoms with Gasteiger partial charge < -0.3 is 24.4 Å². The van der Waals surface area contributed by atoms with Gasteiger partial charge in [0, 0.05) is 24.3 Å². The van der Waals surface area contributed by atoms with Gasteiger partial charge in [-0.2, -0.15) is 0 Å². The fourth-order valence-electron chi connectivity index (χ4n) is 2.88. The van der Waals surface area contributed by atoms with E-state index in [1.165, 1.54) is 7.11 Å². The number of hydrogen-bond acceptors (Lipinski definition) is 5. The van der Waals surface area contributed by atoms with Crippen molar-refractivity contribution in [2.24, 2.45) is 0 Å². The van der Waals surface area contributed by atoms with Gasteiger partial charge in [0.2, 0.25) is 0 Å². The van der Waals surface area contributed by atoms with E-state index < -0.39 is 0 Å². The van der Waals surface area contributed by atoms with Crippen LogP contribution in [0.4, 0.5) is 5.69 Å². The second-order valence-electron chi connectivity index (χ2n) is 6.42. The van der Waals surface area contributed by atoms with Crippen molar-refractivity contribution in [2.75, 3.05) is 45.3 Å². The van der Waals surface area contributed by atoms with E-state index in [-0.39, 0.29) is 18.4 Å². The first-order valence-electron chi connectivity index (χ1n) is 9.12. The topological polar surface area (TPSA) is 77.1 Å². The molecule has 1 aliphatic heterocycles. The molecule has 0 saturated carbocycles. The number of carbonyl (C=O) groups excluding carboxylic acids is 2. The number of amides is 2. The number of anilines is 1. The summed E-state index contributed by atoms with van der Waals surface area (Å²) in [5.74, 6) is 0.457. The van der Waals surface area contributed by atoms with Gasteiger partial charge in [0.1, 0.15) is 0 Å². The normalized spacial score (nSPS) is 13.7. The number of hydrogen-bond donors (Lipinski definition) is 1. The number of para-hydroxylation sites is 1. The van der Waals surface area contributed by atoms with Gasteiger partial charge in [-0.1, -0.05) is 18.2 Å². The summed E-state index contributed by atoms with van der Waals surface area (Å²) in [7, 11) is 1.50. The number of aryl methyl sites for hydroxylation is 1. The molecule has 0 bridgehead atoms. The zero-order chi connectivity index (χ0) is 19.9. The lowest BCUT2D eigenvalue weighted by Crippen LogP contribution is -2.43. The summed E-state index contributed by atoms with van der Waals surface area (Å²) < 4.78 is 16.2. The molecule has 1 N–H and O–H groups in total. The van der Waals surface area contributed by atoms with Crippen LogP contribution in [0.1, 0.15) is 15.9 Å². The zero-order valence-corrected chi connectivity index (χ0v) is 16.1. The van der Waals surface area contributed by atoms with E-state index in [9.17, 15) is 9.59 Å². The maximum absolute atomic E-state index is 12.5. The molecule has 0 aliphatic carbocycles. The van der Waals surface area contributed by atoms with Gasteiger partial charge >= 0.3 is 0 Å². The summed E-state index contributed by atoms with van der Waals surface area (Å²) >= 11 is 0. The Hall–Kier alpha value is -3.06. The molecule has 28 heavy (non-hydrogen) atoms. The quantitative estimate of drug-likeness (QED) is 0.828. The highest BCUT2D eigenvalue weighted by Crippen LogP contribution is 2.28. The van der Waals surface area contributed by atoms with E-state index in [1.807, 2.05) is 31.2 Å². The molecule has 0 atom stereocenters. The van der Waals surface area contributed by atoms with Gasteiger partial charge in [-0.25, -0.2) is 0 Å². The highest BCUT2D eigenvalue weighted by molar-refractivity contribution is 6.05. The smallest absolute Gasteiger partial charge is 0.260 e. The van der Waals surface area contributed by atoms with E-state index >= 15 is 0 Å². The Labute approximate surface area is 164 Å². The van der Waals surface area contributed by atoms with Gasteiger partial charge in [0.15, 0.2) is 18.1 Å². The minimum absolute atomic E-state index is 0.0921. The molecule has 0 spiro atoms. The van der Waals surface area contributed by atoms with E-state index in [1.54, 1.807) is 23.1 Å². The molecule has 148 valence electrons. The number of rotatable bonds is 6. The Kier molecular flexibility index (Phi) is 6.49. The summed E-state index contributed by atoms with van der Waals surface area (Å²) in [4.78, 5) is 26.5. The molecule has 7 nitrogen and oxygen atoms in total. The summed E-state index contributed by atoms with van der Waals surface area (Å²) in [6.07, 6.45) is 0. The Bertz CT molecular complexity index is 846. The highest BCUT2D eigenvalue weighted by atomic mass is 16.5. The summed E-state index contributed by atoms with van der Waals surface area (Å²) in [5, 5.41) is 2.88. The summed E-state index contributed by atoms with van der Waals surface area (Å²) in [6, 6.07) is 12.4. The number of benzene rings is 2. The van der Waals surface area contributed by atoms with Crippen molar-refractivity contribution in [1.82, 2.24) is 4.90 Å². The van der Waals surface area contributed by atoms with Crippen molar-refractivity contribution in [1.29, 1.82) is 0 Å². The summed E-state index contributed by atoms with van der Waals surface area (Å²) in [5.41, 5.74) is 2.17. The molecule has 3 rings (SSSR count). The average Bonchev–Trinajstić information content (AvgIpc) is 2.74. The van der Waals surface area contributed by atoms with Crippen LogP contribution < -0.4 is 14.8 Å². The molecular formula is C21H24N2O5. The molecule has 1 heterocycles. The Morgan fingerprint density at radius 3 is 2.57 bits per heavy atom. The maximum Gasteiger partial charge on any atom is 0.260 e. The molecule has 1 aliphatic rings. The zero-order valence-electron chi connectivity index (χ0n) is 16.1. The molecule has 0 unspecified atom stereocenters. The SMILES string of the molecule is COc1cc(C(=O)Nc2ccccc2C)ccc1OCC(=O)N1CCOCC1. The number of methoxy groups -OCH3 is 1. The Balaban J connectivity index is 1.65. The van der Waals surface area contributed by atoms with E-state index in [0.29, 0.717) is 43.4 Å². The van der Waals surface area contributed by atoms with Crippen LogP contribution in [-0.4, -0.2) is 56.7 Å². The van der Waals surface area contributed by atoms with Crippen LogP contribution in [0.2, 0.25) is 0 Å². The third kappa shape index (κ3) is 4.80. The van der Waals surface area contributed by atoms with Crippen LogP contribution in [-0.2, 0) is 9.53 Å². The van der Waals surface area contributed by atoms with Crippen LogP contribution in [0.5, 0.6) is 11.5 Å². The van der Waals surface area contributed by atoms with E-state index in [4.69, 9.17) is 14.2 Å². The van der Waals surface area contributed by atoms with Crippen molar-refractivity contribution >= 4 is 17.5 Å². The third-order valence-electron chi connectivity index (χ3n) is 4.53. The van der Waals surface area contributed by atoms with Gasteiger partial charge in [-0.15, -0.1) is 0 Å². The first kappa shape index (κ1) is 19.7. The monoisotopic (exact) mass is 384 g/mol. The first-order valence-corrected chi connectivity index (χ1v) is 9.12. The minimum Gasteiger partial charge on any atom is -0.493 e. The molecule has 7 heteroatoms. The molecule has 2 aromatic carbocycles. The molecule has 2 amide bonds. The van der Waals surface area contributed by atoms with Gasteiger partial charge in [0.25, 0.3) is 11.8 Å². The van der Waals surface area contributed by atoms with Crippen molar-refractivity contribution < 1.29 is 23.8 Å². The minimum atomic E-state index is -0.247. The maximum atomic E-state index is 12.5. The van der Waals surface area contributed by atoms with Crippen LogP contribution in [0.25, 0.3) is 0 Å². The predicted molar refractivity (Wildman–Crippen MR) is 105 cm³/mol. The lowest BCUT2D eigenvalue weighted by Gasteiger charge is -2.26. The number of nitrogens with zero attached hydrogens (tertiary/aromatic N) is 1. The largest absolute Gasteiger partial charge is 0.493 e. The molecule has 1 saturated heterocycles. The standard InChI is InChI=1S/C21H24N2O5/c1-15-5-3-4-6-17(15)22-21(25)16-7-8-18(19(13-16)26-2)28-14-20(24)23-9-11-27-12-10-23/h3-8,13H,9-12,14H2,1-2H3,(H,22,25). The van der Waals surface area contributed by atoms with Gasteiger partial charge in [0.05, 0.1) is 20.3 Å². The van der Waals surface area contributed by atoms with E-state index in [2.05, 4.69) is 5.32 Å². The third-order valence-corrected chi connectivity index (χ3v) is 4.53. The van der Waals surface area contributed by atoms with Crippen molar-refractivity contribution in [3.63, 3.8) is 0 Å². The number of carbonyl (C=O) groups is 2. The molecule has 1 fully saturated rings. The lowest BCUT2D eigenvalue weighted by atomic mass is 10.1. The lowest BCUT2D eigenvalue weighted by molar-refractivity contribution is -0.137. The van der Waals surface area contributed by atoms with Crippen LogP contribution in [0.15, 0.2) is 42.5 Å². The number of morpholine rings is 1. The van der Waals surface area contributed by atoms with Gasteiger partial charge in [-0.05, 0) is 36.8 Å². The Morgan fingerprint density at radius 1 is 1.11 bits per heavy atom. The Morgan fingerprint density at radius 2 is 1.86 bits per heavy atom. The van der Waals surface area contributed by atoms with Crippen LogP contribution >= 0.6 is 0 Å².